The second-order valence-electron chi connectivity index (χ2n) is 10.0. The molecule has 244 valence electrons. The highest BCUT2D eigenvalue weighted by atomic mass is 32.2. The van der Waals surface area contributed by atoms with Crippen LogP contribution < -0.4 is 16.4 Å². The SMILES string of the molecule is Cc1ccc(S(=O)(=O)CCCN)cc1.Cc1ccc(S(=O)(=O)CCCNC(=O)Nc2ccccc2)cc1.O=C=Nc1ccccc1. The fourth-order valence-corrected chi connectivity index (χ4v) is 6.36. The Labute approximate surface area is 271 Å². The van der Waals surface area contributed by atoms with Gasteiger partial charge in [-0.05, 0) is 81.8 Å². The number of rotatable bonds is 11. The molecule has 0 aliphatic rings. The molecule has 0 heterocycles. The number of benzene rings is 4. The minimum atomic E-state index is -3.31. The van der Waals surface area contributed by atoms with Crippen LogP contribution in [0.2, 0.25) is 0 Å². The van der Waals surface area contributed by atoms with Crippen LogP contribution in [0.25, 0.3) is 0 Å². The van der Waals surface area contributed by atoms with Crippen LogP contribution in [-0.4, -0.2) is 53.5 Å². The molecule has 0 unspecified atom stereocenters. The zero-order valence-corrected chi connectivity index (χ0v) is 27.6. The van der Waals surface area contributed by atoms with Crippen molar-refractivity contribution in [1.82, 2.24) is 5.32 Å². The Hall–Kier alpha value is -4.61. The molecule has 0 saturated heterocycles. The minimum Gasteiger partial charge on any atom is -0.338 e. The molecule has 0 saturated carbocycles. The van der Waals surface area contributed by atoms with Gasteiger partial charge in [-0.25, -0.2) is 26.4 Å². The molecule has 0 atom stereocenters. The van der Waals surface area contributed by atoms with Crippen LogP contribution in [0, 0.1) is 13.8 Å². The molecule has 4 aromatic rings. The maximum Gasteiger partial charge on any atom is 0.319 e. The lowest BCUT2D eigenvalue weighted by molar-refractivity contribution is 0.252. The molecule has 0 fully saturated rings. The van der Waals surface area contributed by atoms with Crippen LogP contribution in [0.1, 0.15) is 24.0 Å². The number of aliphatic imine (C=N–C) groups is 1. The van der Waals surface area contributed by atoms with Gasteiger partial charge in [0.2, 0.25) is 6.08 Å². The summed E-state index contributed by atoms with van der Waals surface area (Å²) in [6.07, 6.45) is 2.33. The first-order chi connectivity index (χ1) is 22.0. The van der Waals surface area contributed by atoms with Gasteiger partial charge in [0.25, 0.3) is 0 Å². The maximum absolute atomic E-state index is 12.2. The van der Waals surface area contributed by atoms with Gasteiger partial charge in [-0.15, -0.1) is 0 Å². The number of hydrogen-bond donors (Lipinski definition) is 3. The second-order valence-corrected chi connectivity index (χ2v) is 14.3. The number of nitrogens with two attached hydrogens (primary N) is 1. The van der Waals surface area contributed by atoms with Gasteiger partial charge in [-0.2, -0.15) is 4.99 Å². The van der Waals surface area contributed by atoms with E-state index in [1.165, 1.54) is 6.08 Å². The highest BCUT2D eigenvalue weighted by Gasteiger charge is 2.14. The van der Waals surface area contributed by atoms with E-state index in [4.69, 9.17) is 5.73 Å². The number of nitrogens with one attached hydrogen (secondary N) is 2. The van der Waals surface area contributed by atoms with Crippen molar-refractivity contribution >= 4 is 43.2 Å². The highest BCUT2D eigenvalue weighted by molar-refractivity contribution is 7.91. The van der Waals surface area contributed by atoms with Crippen LogP contribution >= 0.6 is 0 Å². The van der Waals surface area contributed by atoms with Crippen LogP contribution in [0.5, 0.6) is 0 Å². The predicted molar refractivity (Wildman–Crippen MR) is 182 cm³/mol. The Morgan fingerprint density at radius 2 is 1.15 bits per heavy atom. The molecular formula is C34H40N4O6S2. The monoisotopic (exact) mass is 664 g/mol. The first kappa shape index (κ1) is 37.6. The zero-order chi connectivity index (χ0) is 33.8. The van der Waals surface area contributed by atoms with Crippen LogP contribution in [-0.2, 0) is 24.5 Å². The normalized spacial score (nSPS) is 10.6. The Morgan fingerprint density at radius 1 is 0.696 bits per heavy atom. The number of carbonyl (C=O) groups excluding carboxylic acids is 2. The molecule has 0 bridgehead atoms. The lowest BCUT2D eigenvalue weighted by Gasteiger charge is -2.08. The van der Waals surface area contributed by atoms with Gasteiger partial charge in [-0.1, -0.05) is 71.8 Å². The number of anilines is 1. The first-order valence-electron chi connectivity index (χ1n) is 14.5. The summed E-state index contributed by atoms with van der Waals surface area (Å²) >= 11 is 0. The molecule has 0 radical (unpaired) electrons. The van der Waals surface area contributed by atoms with Gasteiger partial charge in [-0.3, -0.25) is 0 Å². The van der Waals surface area contributed by atoms with Crippen molar-refractivity contribution in [1.29, 1.82) is 0 Å². The third-order valence-corrected chi connectivity index (χ3v) is 9.85. The number of para-hydroxylation sites is 2. The zero-order valence-electron chi connectivity index (χ0n) is 25.9. The Balaban J connectivity index is 0.000000270. The molecule has 0 aromatic heterocycles. The fourth-order valence-electron chi connectivity index (χ4n) is 3.72. The summed E-state index contributed by atoms with van der Waals surface area (Å²) in [5.41, 5.74) is 8.69. The molecule has 10 nitrogen and oxygen atoms in total. The van der Waals surface area contributed by atoms with Crippen LogP contribution in [0.15, 0.2) is 124 Å². The van der Waals surface area contributed by atoms with E-state index < -0.39 is 19.7 Å². The van der Waals surface area contributed by atoms with Gasteiger partial charge in [0.05, 0.1) is 27.0 Å². The van der Waals surface area contributed by atoms with Crippen molar-refractivity contribution in [2.24, 2.45) is 10.7 Å². The van der Waals surface area contributed by atoms with Gasteiger partial charge >= 0.3 is 6.03 Å². The lowest BCUT2D eigenvalue weighted by atomic mass is 10.2. The van der Waals surface area contributed by atoms with Crippen molar-refractivity contribution in [2.45, 2.75) is 36.5 Å². The van der Waals surface area contributed by atoms with Crippen LogP contribution in [0.4, 0.5) is 16.2 Å². The van der Waals surface area contributed by atoms with E-state index >= 15 is 0 Å². The summed E-state index contributed by atoms with van der Waals surface area (Å²) in [7, 11) is -6.42. The van der Waals surface area contributed by atoms with E-state index in [1.807, 2.05) is 50.2 Å². The predicted octanol–water partition coefficient (Wildman–Crippen LogP) is 5.75. The largest absolute Gasteiger partial charge is 0.338 e. The van der Waals surface area contributed by atoms with E-state index in [-0.39, 0.29) is 17.5 Å². The Morgan fingerprint density at radius 3 is 1.61 bits per heavy atom. The van der Waals surface area contributed by atoms with Gasteiger partial charge in [0, 0.05) is 12.2 Å². The Kier molecular flexibility index (Phi) is 16.1. The number of amides is 2. The average molecular weight is 665 g/mol. The van der Waals surface area contributed by atoms with Crippen molar-refractivity contribution in [3.8, 4) is 0 Å². The number of carbonyl (C=O) groups is 1. The van der Waals surface area contributed by atoms with E-state index in [9.17, 15) is 26.4 Å². The topological polar surface area (TPSA) is 165 Å². The third kappa shape index (κ3) is 14.4. The van der Waals surface area contributed by atoms with Gasteiger partial charge < -0.3 is 16.4 Å². The second kappa shape index (κ2) is 19.7. The van der Waals surface area contributed by atoms with Gasteiger partial charge in [0.1, 0.15) is 0 Å². The van der Waals surface area contributed by atoms with Crippen molar-refractivity contribution < 1.29 is 26.4 Å². The van der Waals surface area contributed by atoms with E-state index in [0.717, 1.165) is 11.1 Å². The van der Waals surface area contributed by atoms with Gasteiger partial charge in [0.15, 0.2) is 19.7 Å². The molecule has 0 aliphatic carbocycles. The number of hydrogen-bond acceptors (Lipinski definition) is 8. The van der Waals surface area contributed by atoms with Crippen molar-refractivity contribution in [3.63, 3.8) is 0 Å². The van der Waals surface area contributed by atoms with Crippen molar-refractivity contribution in [2.75, 3.05) is 29.9 Å². The third-order valence-electron chi connectivity index (χ3n) is 6.22. The van der Waals surface area contributed by atoms with Crippen molar-refractivity contribution in [3.05, 3.63) is 120 Å². The average Bonchev–Trinajstić information content (AvgIpc) is 3.04. The summed E-state index contributed by atoms with van der Waals surface area (Å²) < 4.78 is 47.6. The number of isocyanates is 1. The number of nitrogens with zero attached hydrogens (tertiary/aromatic N) is 1. The molecule has 4 aromatic carbocycles. The van der Waals surface area contributed by atoms with Crippen LogP contribution in [0.3, 0.4) is 0 Å². The quantitative estimate of drug-likeness (QED) is 0.104. The summed E-state index contributed by atoms with van der Waals surface area (Å²) in [6, 6.07) is 31.4. The molecule has 46 heavy (non-hydrogen) atoms. The lowest BCUT2D eigenvalue weighted by Crippen LogP contribution is -2.30. The first-order valence-corrected chi connectivity index (χ1v) is 17.8. The smallest absolute Gasteiger partial charge is 0.319 e. The minimum absolute atomic E-state index is 0.00166. The standard InChI is InChI=1S/C17H20N2O3S.C10H15NO2S.C7H5NO/c1-14-8-10-16(11-9-14)23(21,22)13-5-12-18-17(20)19-15-6-3-2-4-7-15;1-9-3-5-10(6-4-9)14(12,13)8-2-7-11;9-6-8-7-4-2-1-3-5-7/h2-4,6-11H,5,12-13H2,1H3,(H2,18,19,20);3-6H,2,7-8,11H2,1H3;1-5H. The molecule has 12 heteroatoms. The Bertz CT molecular complexity index is 1740. The highest BCUT2D eigenvalue weighted by Crippen LogP contribution is 2.14. The summed E-state index contributed by atoms with van der Waals surface area (Å²) in [5.74, 6) is 0.133. The summed E-state index contributed by atoms with van der Waals surface area (Å²) in [4.78, 5) is 25.5. The molecule has 0 spiro atoms. The molecule has 0 aliphatic heterocycles. The van der Waals surface area contributed by atoms with E-state index in [0.29, 0.717) is 47.1 Å². The summed E-state index contributed by atoms with van der Waals surface area (Å²) in [5, 5.41) is 5.33. The maximum atomic E-state index is 12.2. The number of urea groups is 1. The molecule has 4 N–H and O–H groups in total. The summed E-state index contributed by atoms with van der Waals surface area (Å²) in [6.45, 7) is 4.54. The number of aryl methyl sites for hydroxylation is 2. The van der Waals surface area contributed by atoms with E-state index in [2.05, 4.69) is 15.6 Å². The number of sulfone groups is 2. The molecule has 2 amide bonds. The molecule has 4 rings (SSSR count). The molecular weight excluding hydrogens is 625 g/mol. The fraction of sp³-hybridized carbons (Fsp3) is 0.235. The van der Waals surface area contributed by atoms with E-state index in [1.54, 1.807) is 72.8 Å².